The fourth-order valence-electron chi connectivity index (χ4n) is 2.66. The molecule has 0 aliphatic heterocycles. The summed E-state index contributed by atoms with van der Waals surface area (Å²) >= 11 is 0. The monoisotopic (exact) mass is 349 g/mol. The number of hydrogen-bond donors (Lipinski definition) is 1. The molecule has 3 rings (SSSR count). The number of carbonyl (C=O) groups excluding carboxylic acids is 1. The van der Waals surface area contributed by atoms with Gasteiger partial charge in [-0.25, -0.2) is 9.67 Å². The summed E-state index contributed by atoms with van der Waals surface area (Å²) in [7, 11) is 2.07. The Morgan fingerprint density at radius 2 is 1.96 bits per heavy atom. The SMILES string of the molecule is CCCCN(C)c1ccc(C(=O)Nc2cccnc2-n2cccn2)cc1. The van der Waals surface area contributed by atoms with Gasteiger partial charge in [-0.1, -0.05) is 13.3 Å². The number of carbonyl (C=O) groups is 1. The van der Waals surface area contributed by atoms with E-state index in [9.17, 15) is 4.79 Å². The average molecular weight is 349 g/mol. The zero-order chi connectivity index (χ0) is 18.4. The van der Waals surface area contributed by atoms with E-state index in [-0.39, 0.29) is 5.91 Å². The van der Waals surface area contributed by atoms with Crippen molar-refractivity contribution in [2.45, 2.75) is 19.8 Å². The number of benzene rings is 1. The van der Waals surface area contributed by atoms with Gasteiger partial charge in [-0.05, 0) is 48.9 Å². The number of anilines is 2. The van der Waals surface area contributed by atoms with Gasteiger partial charge in [0.05, 0.1) is 5.69 Å². The van der Waals surface area contributed by atoms with Gasteiger partial charge in [-0.15, -0.1) is 0 Å². The van der Waals surface area contributed by atoms with Crippen LogP contribution < -0.4 is 10.2 Å². The molecule has 0 radical (unpaired) electrons. The molecule has 2 heterocycles. The first-order chi connectivity index (χ1) is 12.7. The molecule has 1 amide bonds. The van der Waals surface area contributed by atoms with Gasteiger partial charge in [0, 0.05) is 43.4 Å². The van der Waals surface area contributed by atoms with Crippen molar-refractivity contribution in [1.82, 2.24) is 14.8 Å². The van der Waals surface area contributed by atoms with E-state index in [1.54, 1.807) is 29.3 Å². The van der Waals surface area contributed by atoms with Gasteiger partial charge in [-0.2, -0.15) is 5.10 Å². The van der Waals surface area contributed by atoms with Crippen LogP contribution in [0.2, 0.25) is 0 Å². The first-order valence-corrected chi connectivity index (χ1v) is 8.76. The molecule has 0 aliphatic rings. The van der Waals surface area contributed by atoms with E-state index >= 15 is 0 Å². The van der Waals surface area contributed by atoms with Gasteiger partial charge in [0.15, 0.2) is 5.82 Å². The number of unbranched alkanes of at least 4 members (excludes halogenated alkanes) is 1. The predicted molar refractivity (Wildman–Crippen MR) is 104 cm³/mol. The highest BCUT2D eigenvalue weighted by molar-refractivity contribution is 6.05. The Kier molecular flexibility index (Phi) is 5.63. The number of hydrogen-bond acceptors (Lipinski definition) is 4. The fraction of sp³-hybridized carbons (Fsp3) is 0.250. The van der Waals surface area contributed by atoms with Crippen LogP contribution in [0.3, 0.4) is 0 Å². The molecule has 6 nitrogen and oxygen atoms in total. The maximum Gasteiger partial charge on any atom is 0.255 e. The highest BCUT2D eigenvalue weighted by Gasteiger charge is 2.12. The highest BCUT2D eigenvalue weighted by Crippen LogP contribution is 2.19. The summed E-state index contributed by atoms with van der Waals surface area (Å²) in [6.45, 7) is 3.18. The Bertz CT molecular complexity index is 843. The van der Waals surface area contributed by atoms with E-state index in [4.69, 9.17) is 0 Å². The molecule has 0 saturated carbocycles. The molecule has 0 spiro atoms. The number of nitrogens with one attached hydrogen (secondary N) is 1. The van der Waals surface area contributed by atoms with Crippen molar-refractivity contribution in [3.63, 3.8) is 0 Å². The second-order valence-electron chi connectivity index (χ2n) is 6.10. The lowest BCUT2D eigenvalue weighted by molar-refractivity contribution is 0.102. The maximum absolute atomic E-state index is 12.6. The van der Waals surface area contributed by atoms with Gasteiger partial charge in [0.2, 0.25) is 0 Å². The van der Waals surface area contributed by atoms with Crippen LogP contribution in [0.4, 0.5) is 11.4 Å². The van der Waals surface area contributed by atoms with Crippen molar-refractivity contribution in [1.29, 1.82) is 0 Å². The smallest absolute Gasteiger partial charge is 0.255 e. The summed E-state index contributed by atoms with van der Waals surface area (Å²) in [6.07, 6.45) is 7.45. The van der Waals surface area contributed by atoms with Crippen LogP contribution in [-0.2, 0) is 0 Å². The molecule has 0 saturated heterocycles. The lowest BCUT2D eigenvalue weighted by atomic mass is 10.1. The number of nitrogens with zero attached hydrogens (tertiary/aromatic N) is 4. The quantitative estimate of drug-likeness (QED) is 0.705. The van der Waals surface area contributed by atoms with Crippen molar-refractivity contribution in [2.75, 3.05) is 23.8 Å². The number of pyridine rings is 1. The van der Waals surface area contributed by atoms with Crippen molar-refractivity contribution in [2.24, 2.45) is 0 Å². The van der Waals surface area contributed by atoms with Gasteiger partial charge in [-0.3, -0.25) is 4.79 Å². The van der Waals surface area contributed by atoms with E-state index in [0.717, 1.165) is 25.1 Å². The third-order valence-electron chi connectivity index (χ3n) is 4.17. The third kappa shape index (κ3) is 4.08. The number of aromatic nitrogens is 3. The van der Waals surface area contributed by atoms with E-state index in [1.165, 1.54) is 0 Å². The van der Waals surface area contributed by atoms with Crippen molar-refractivity contribution >= 4 is 17.3 Å². The van der Waals surface area contributed by atoms with Crippen molar-refractivity contribution < 1.29 is 4.79 Å². The molecular weight excluding hydrogens is 326 g/mol. The highest BCUT2D eigenvalue weighted by atomic mass is 16.1. The maximum atomic E-state index is 12.6. The minimum absolute atomic E-state index is 0.172. The molecule has 1 aromatic carbocycles. The van der Waals surface area contributed by atoms with Crippen LogP contribution in [0.15, 0.2) is 61.1 Å². The summed E-state index contributed by atoms with van der Waals surface area (Å²) in [5, 5.41) is 7.10. The first-order valence-electron chi connectivity index (χ1n) is 8.76. The van der Waals surface area contributed by atoms with E-state index in [0.29, 0.717) is 17.1 Å². The van der Waals surface area contributed by atoms with Crippen LogP contribution in [0.5, 0.6) is 0 Å². The molecule has 0 fully saturated rings. The predicted octanol–water partition coefficient (Wildman–Crippen LogP) is 3.76. The van der Waals surface area contributed by atoms with Crippen LogP contribution in [0.25, 0.3) is 5.82 Å². The van der Waals surface area contributed by atoms with Crippen LogP contribution >= 0.6 is 0 Å². The van der Waals surface area contributed by atoms with E-state index in [2.05, 4.69) is 34.3 Å². The van der Waals surface area contributed by atoms with Gasteiger partial charge < -0.3 is 10.2 Å². The Morgan fingerprint density at radius 3 is 2.65 bits per heavy atom. The van der Waals surface area contributed by atoms with Gasteiger partial charge in [0.25, 0.3) is 5.91 Å². The second kappa shape index (κ2) is 8.29. The van der Waals surface area contributed by atoms with Gasteiger partial charge >= 0.3 is 0 Å². The third-order valence-corrected chi connectivity index (χ3v) is 4.17. The first kappa shape index (κ1) is 17.7. The molecule has 2 aromatic heterocycles. The lowest BCUT2D eigenvalue weighted by Gasteiger charge is -2.19. The summed E-state index contributed by atoms with van der Waals surface area (Å²) < 4.78 is 1.63. The van der Waals surface area contributed by atoms with Gasteiger partial charge in [0.1, 0.15) is 0 Å². The van der Waals surface area contributed by atoms with E-state index in [1.807, 2.05) is 36.4 Å². The molecule has 134 valence electrons. The zero-order valence-electron chi connectivity index (χ0n) is 15.1. The standard InChI is InChI=1S/C20H23N5O/c1-3-4-14-24(2)17-10-8-16(9-11-17)20(26)23-18-7-5-12-21-19(18)25-15-6-13-22-25/h5-13,15H,3-4,14H2,1-2H3,(H,23,26). The molecule has 0 aliphatic carbocycles. The Labute approximate surface area is 153 Å². The van der Waals surface area contributed by atoms with E-state index < -0.39 is 0 Å². The molecule has 0 atom stereocenters. The minimum atomic E-state index is -0.172. The summed E-state index contributed by atoms with van der Waals surface area (Å²) in [4.78, 5) is 19.1. The topological polar surface area (TPSA) is 63.1 Å². The normalized spacial score (nSPS) is 10.5. The summed E-state index contributed by atoms with van der Waals surface area (Å²) in [5.41, 5.74) is 2.33. The number of rotatable bonds is 7. The number of amides is 1. The Morgan fingerprint density at radius 1 is 1.15 bits per heavy atom. The molecule has 0 unspecified atom stereocenters. The van der Waals surface area contributed by atoms with Crippen molar-refractivity contribution in [3.05, 3.63) is 66.6 Å². The summed E-state index contributed by atoms with van der Waals surface area (Å²) in [5.74, 6) is 0.413. The van der Waals surface area contributed by atoms with Crippen LogP contribution in [0, 0.1) is 0 Å². The largest absolute Gasteiger partial charge is 0.375 e. The fourth-order valence-corrected chi connectivity index (χ4v) is 2.66. The molecule has 1 N–H and O–H groups in total. The molecule has 26 heavy (non-hydrogen) atoms. The molecule has 3 aromatic rings. The zero-order valence-corrected chi connectivity index (χ0v) is 15.1. The Hall–Kier alpha value is -3.15. The minimum Gasteiger partial charge on any atom is -0.375 e. The molecule has 6 heteroatoms. The van der Waals surface area contributed by atoms with Crippen LogP contribution in [0.1, 0.15) is 30.1 Å². The second-order valence-corrected chi connectivity index (χ2v) is 6.10. The van der Waals surface area contributed by atoms with Crippen LogP contribution in [-0.4, -0.2) is 34.3 Å². The average Bonchev–Trinajstić information content (AvgIpc) is 3.21. The molecular formula is C20H23N5O. The molecule has 0 bridgehead atoms. The lowest BCUT2D eigenvalue weighted by Crippen LogP contribution is -2.19. The Balaban J connectivity index is 1.73. The van der Waals surface area contributed by atoms with Crippen molar-refractivity contribution in [3.8, 4) is 5.82 Å². The summed E-state index contributed by atoms with van der Waals surface area (Å²) in [6, 6.07) is 13.1.